The molecule has 5 nitrogen and oxygen atoms in total. The van der Waals surface area contributed by atoms with Crippen molar-refractivity contribution in [1.82, 2.24) is 14.9 Å². The average molecular weight is 316 g/mol. The first-order valence-electron chi connectivity index (χ1n) is 6.98. The Balaban J connectivity index is 2.33. The monoisotopic (exact) mass is 316 g/mol. The van der Waals surface area contributed by atoms with Crippen LogP contribution in [0, 0.1) is 6.92 Å². The molecule has 6 heteroatoms. The second-order valence-electron chi connectivity index (χ2n) is 6.01. The molecule has 0 aliphatic heterocycles. The largest absolute Gasteiger partial charge is 0.296 e. The molecule has 0 bridgehead atoms. The van der Waals surface area contributed by atoms with Crippen LogP contribution < -0.4 is 5.56 Å². The summed E-state index contributed by atoms with van der Waals surface area (Å²) in [7, 11) is 0. The van der Waals surface area contributed by atoms with Gasteiger partial charge in [-0.1, -0.05) is 56.8 Å². The summed E-state index contributed by atoms with van der Waals surface area (Å²) in [5, 5.41) is 12.5. The first kappa shape index (κ1) is 16.4. The van der Waals surface area contributed by atoms with Crippen LogP contribution in [-0.4, -0.2) is 27.3 Å². The Labute approximate surface area is 134 Å². The Morgan fingerprint density at radius 1 is 1.18 bits per heavy atom. The number of hydrogen-bond acceptors (Lipinski definition) is 5. The molecule has 0 amide bonds. The summed E-state index contributed by atoms with van der Waals surface area (Å²) in [5.41, 5.74) is 2.39. The zero-order chi connectivity index (χ0) is 16.3. The zero-order valence-electron chi connectivity index (χ0n) is 13.5. The normalized spacial score (nSPS) is 12.0. The van der Waals surface area contributed by atoms with Crippen LogP contribution in [0.5, 0.6) is 0 Å². The van der Waals surface area contributed by atoms with E-state index in [-0.39, 0.29) is 11.0 Å². The highest BCUT2D eigenvalue weighted by Crippen LogP contribution is 2.21. The molecule has 0 saturated heterocycles. The van der Waals surface area contributed by atoms with Gasteiger partial charge < -0.3 is 0 Å². The van der Waals surface area contributed by atoms with Gasteiger partial charge in [0, 0.05) is 0 Å². The molecule has 2 aromatic rings. The zero-order valence-corrected chi connectivity index (χ0v) is 14.3. The molecule has 0 spiro atoms. The highest BCUT2D eigenvalue weighted by atomic mass is 32.2. The van der Waals surface area contributed by atoms with E-state index < -0.39 is 0 Å². The fourth-order valence-corrected chi connectivity index (χ4v) is 2.29. The van der Waals surface area contributed by atoms with Gasteiger partial charge in [0.1, 0.15) is 5.69 Å². The molecule has 1 heterocycles. The van der Waals surface area contributed by atoms with Crippen LogP contribution in [0.15, 0.2) is 39.3 Å². The van der Waals surface area contributed by atoms with Gasteiger partial charge in [0.05, 0.1) is 6.21 Å². The molecule has 2 rings (SSSR count). The maximum absolute atomic E-state index is 12.1. The molecule has 0 aliphatic rings. The Kier molecular flexibility index (Phi) is 4.81. The molecule has 0 fully saturated rings. The summed E-state index contributed by atoms with van der Waals surface area (Å²) in [4.78, 5) is 12.1. The van der Waals surface area contributed by atoms with Crippen molar-refractivity contribution in [2.45, 2.75) is 38.3 Å². The van der Waals surface area contributed by atoms with E-state index in [2.05, 4.69) is 48.2 Å². The number of nitrogens with zero attached hydrogens (tertiary/aromatic N) is 4. The minimum Gasteiger partial charge on any atom is -0.265 e. The molecule has 0 unspecified atom stereocenters. The molecule has 0 radical (unpaired) electrons. The molecule has 0 N–H and O–H groups in total. The summed E-state index contributed by atoms with van der Waals surface area (Å²) in [6.45, 7) is 8.15. The minimum absolute atomic E-state index is 0.116. The number of rotatable bonds is 3. The van der Waals surface area contributed by atoms with Crippen LogP contribution in [0.3, 0.4) is 0 Å². The standard InChI is InChI=1S/C16H20N4OS/c1-11-14(21)20(15(22-5)19-18-11)17-10-12-6-8-13(9-7-12)16(2,3)4/h6-10H,1-5H3/b17-10-. The van der Waals surface area contributed by atoms with Gasteiger partial charge in [-0.05, 0) is 29.7 Å². The van der Waals surface area contributed by atoms with Crippen molar-refractivity contribution < 1.29 is 0 Å². The Hall–Kier alpha value is -1.95. The van der Waals surface area contributed by atoms with E-state index >= 15 is 0 Å². The van der Waals surface area contributed by atoms with Crippen molar-refractivity contribution in [2.24, 2.45) is 5.10 Å². The molecule has 116 valence electrons. The number of aromatic nitrogens is 3. The highest BCUT2D eigenvalue weighted by molar-refractivity contribution is 7.98. The minimum atomic E-state index is -0.248. The van der Waals surface area contributed by atoms with Gasteiger partial charge in [0.25, 0.3) is 5.56 Å². The Morgan fingerprint density at radius 3 is 2.36 bits per heavy atom. The van der Waals surface area contributed by atoms with Gasteiger partial charge in [0.15, 0.2) is 0 Å². The molecule has 0 aliphatic carbocycles. The number of thioether (sulfide) groups is 1. The number of aryl methyl sites for hydroxylation is 1. The van der Waals surface area contributed by atoms with Crippen molar-refractivity contribution in [3.63, 3.8) is 0 Å². The fraction of sp³-hybridized carbons (Fsp3) is 0.375. The van der Waals surface area contributed by atoms with Crippen molar-refractivity contribution in [3.05, 3.63) is 51.4 Å². The van der Waals surface area contributed by atoms with E-state index in [9.17, 15) is 4.79 Å². The van der Waals surface area contributed by atoms with Crippen LogP contribution in [-0.2, 0) is 5.41 Å². The SMILES string of the molecule is CSc1nnc(C)c(=O)n1/N=C\c1ccc(C(C)(C)C)cc1. The summed E-state index contributed by atoms with van der Waals surface area (Å²) >= 11 is 1.33. The van der Waals surface area contributed by atoms with Crippen molar-refractivity contribution in [3.8, 4) is 0 Å². The van der Waals surface area contributed by atoms with E-state index in [1.54, 1.807) is 13.1 Å². The second kappa shape index (κ2) is 6.44. The molecular formula is C16H20N4OS. The lowest BCUT2D eigenvalue weighted by molar-refractivity contribution is 0.590. The number of hydrogen-bond donors (Lipinski definition) is 0. The molecule has 0 saturated carbocycles. The van der Waals surface area contributed by atoms with Crippen LogP contribution in [0.25, 0.3) is 0 Å². The maximum Gasteiger partial charge on any atom is 0.296 e. The van der Waals surface area contributed by atoms with Crippen LogP contribution in [0.2, 0.25) is 0 Å². The first-order chi connectivity index (χ1) is 10.3. The Bertz CT molecular complexity index is 742. The predicted octanol–water partition coefficient (Wildman–Crippen LogP) is 2.85. The van der Waals surface area contributed by atoms with Gasteiger partial charge in [-0.2, -0.15) is 9.78 Å². The quantitative estimate of drug-likeness (QED) is 0.645. The van der Waals surface area contributed by atoms with Crippen LogP contribution >= 0.6 is 11.8 Å². The molecule has 1 aromatic carbocycles. The third-order valence-electron chi connectivity index (χ3n) is 3.25. The van der Waals surface area contributed by atoms with E-state index in [0.29, 0.717) is 10.9 Å². The average Bonchev–Trinajstić information content (AvgIpc) is 2.48. The van der Waals surface area contributed by atoms with Gasteiger partial charge >= 0.3 is 0 Å². The molecule has 22 heavy (non-hydrogen) atoms. The smallest absolute Gasteiger partial charge is 0.265 e. The lowest BCUT2D eigenvalue weighted by atomic mass is 9.87. The van der Waals surface area contributed by atoms with Gasteiger partial charge in [-0.3, -0.25) is 4.79 Å². The third-order valence-corrected chi connectivity index (χ3v) is 3.87. The lowest BCUT2D eigenvalue weighted by Crippen LogP contribution is -2.23. The van der Waals surface area contributed by atoms with Gasteiger partial charge in [-0.25, -0.2) is 0 Å². The lowest BCUT2D eigenvalue weighted by Gasteiger charge is -2.18. The Morgan fingerprint density at radius 2 is 1.82 bits per heavy atom. The van der Waals surface area contributed by atoms with Crippen LogP contribution in [0.4, 0.5) is 0 Å². The van der Waals surface area contributed by atoms with Crippen LogP contribution in [0.1, 0.15) is 37.6 Å². The number of benzene rings is 1. The maximum atomic E-state index is 12.1. The predicted molar refractivity (Wildman–Crippen MR) is 90.9 cm³/mol. The third kappa shape index (κ3) is 3.62. The highest BCUT2D eigenvalue weighted by Gasteiger charge is 2.12. The summed E-state index contributed by atoms with van der Waals surface area (Å²) in [6, 6.07) is 8.15. The van der Waals surface area contributed by atoms with E-state index in [1.165, 1.54) is 22.0 Å². The first-order valence-corrected chi connectivity index (χ1v) is 8.20. The topological polar surface area (TPSA) is 60.1 Å². The van der Waals surface area contributed by atoms with Crippen molar-refractivity contribution in [2.75, 3.05) is 6.26 Å². The van der Waals surface area contributed by atoms with E-state index in [0.717, 1.165) is 5.56 Å². The van der Waals surface area contributed by atoms with Gasteiger partial charge in [-0.15, -0.1) is 10.2 Å². The van der Waals surface area contributed by atoms with E-state index in [1.807, 2.05) is 18.4 Å². The summed E-state index contributed by atoms with van der Waals surface area (Å²) < 4.78 is 1.28. The summed E-state index contributed by atoms with van der Waals surface area (Å²) in [5.74, 6) is 0. The van der Waals surface area contributed by atoms with Gasteiger partial charge in [0.2, 0.25) is 5.16 Å². The molecule has 1 aromatic heterocycles. The van der Waals surface area contributed by atoms with Crippen molar-refractivity contribution >= 4 is 18.0 Å². The van der Waals surface area contributed by atoms with E-state index in [4.69, 9.17) is 0 Å². The molecular weight excluding hydrogens is 296 g/mol. The second-order valence-corrected chi connectivity index (χ2v) is 6.78. The molecule has 0 atom stereocenters. The summed E-state index contributed by atoms with van der Waals surface area (Å²) in [6.07, 6.45) is 3.50. The van der Waals surface area contributed by atoms with Crippen molar-refractivity contribution in [1.29, 1.82) is 0 Å². The fourth-order valence-electron chi connectivity index (χ4n) is 1.87.